The van der Waals surface area contributed by atoms with Crippen LogP contribution in [0.5, 0.6) is 0 Å². The second kappa shape index (κ2) is 6.30. The lowest BCUT2D eigenvalue weighted by Crippen LogP contribution is -2.52. The first-order chi connectivity index (χ1) is 10.8. The number of benzene rings is 1. The van der Waals surface area contributed by atoms with Crippen LogP contribution in [0.25, 0.3) is 0 Å². The van der Waals surface area contributed by atoms with Gasteiger partial charge in [-0.2, -0.15) is 4.31 Å². The van der Waals surface area contributed by atoms with Crippen LogP contribution in [-0.4, -0.2) is 43.1 Å². The van der Waals surface area contributed by atoms with Gasteiger partial charge in [0.05, 0.1) is 6.26 Å². The lowest BCUT2D eigenvalue weighted by atomic mass is 10.00. The highest BCUT2D eigenvalue weighted by molar-refractivity contribution is 7.88. The van der Waals surface area contributed by atoms with E-state index >= 15 is 0 Å². The molecule has 23 heavy (non-hydrogen) atoms. The number of nitrogens with zero attached hydrogens (tertiary/aromatic N) is 1. The van der Waals surface area contributed by atoms with Crippen LogP contribution in [-0.2, 0) is 10.0 Å². The first-order valence-electron chi connectivity index (χ1n) is 7.64. The summed E-state index contributed by atoms with van der Waals surface area (Å²) < 4.78 is 25.3. The Bertz CT molecular complexity index is 678. The van der Waals surface area contributed by atoms with Crippen molar-refractivity contribution in [2.24, 2.45) is 0 Å². The van der Waals surface area contributed by atoms with Gasteiger partial charge in [0.15, 0.2) is 0 Å². The number of carbonyl (C=O) groups is 1. The molecule has 0 aromatic heterocycles. The van der Waals surface area contributed by atoms with Gasteiger partial charge >= 0.3 is 6.03 Å². The van der Waals surface area contributed by atoms with E-state index in [2.05, 4.69) is 10.6 Å². The Morgan fingerprint density at radius 1 is 1.17 bits per heavy atom. The van der Waals surface area contributed by atoms with Crippen molar-refractivity contribution in [3.8, 4) is 0 Å². The molecule has 6 nitrogen and oxygen atoms in total. The maximum atomic E-state index is 12.1. The molecule has 2 heterocycles. The number of amides is 2. The highest BCUT2D eigenvalue weighted by atomic mass is 35.5. The molecule has 3 rings (SSSR count). The number of fused-ring (bicyclic) bond motifs is 2. The number of hydrogen-bond acceptors (Lipinski definition) is 3. The van der Waals surface area contributed by atoms with Crippen molar-refractivity contribution >= 4 is 33.3 Å². The maximum Gasteiger partial charge on any atom is 0.319 e. The van der Waals surface area contributed by atoms with Crippen LogP contribution >= 0.6 is 11.6 Å². The topological polar surface area (TPSA) is 78.5 Å². The Kier molecular flexibility index (Phi) is 4.53. The molecule has 1 aromatic carbocycles. The zero-order valence-corrected chi connectivity index (χ0v) is 14.4. The summed E-state index contributed by atoms with van der Waals surface area (Å²) in [5.41, 5.74) is 0.670. The molecule has 2 aliphatic heterocycles. The predicted molar refractivity (Wildman–Crippen MR) is 90.1 cm³/mol. The zero-order valence-electron chi connectivity index (χ0n) is 12.8. The molecule has 2 N–H and O–H groups in total. The number of carbonyl (C=O) groups excluding carboxylic acids is 1. The fourth-order valence-corrected chi connectivity index (χ4v) is 5.27. The molecular formula is C15H20ClN3O3S. The molecule has 2 bridgehead atoms. The number of rotatable bonds is 3. The van der Waals surface area contributed by atoms with Crippen LogP contribution in [0.4, 0.5) is 10.5 Å². The molecular weight excluding hydrogens is 338 g/mol. The summed E-state index contributed by atoms with van der Waals surface area (Å²) in [6.07, 6.45) is 4.33. The van der Waals surface area contributed by atoms with Gasteiger partial charge in [-0.3, -0.25) is 0 Å². The number of halogens is 1. The normalized spacial score (nSPS) is 27.7. The second-order valence-corrected chi connectivity index (χ2v) is 8.58. The van der Waals surface area contributed by atoms with Crippen LogP contribution in [0.15, 0.2) is 24.3 Å². The van der Waals surface area contributed by atoms with E-state index in [1.165, 1.54) is 6.26 Å². The largest absolute Gasteiger partial charge is 0.335 e. The summed E-state index contributed by atoms with van der Waals surface area (Å²) in [7, 11) is -3.17. The quantitative estimate of drug-likeness (QED) is 0.872. The molecule has 0 saturated carbocycles. The minimum atomic E-state index is -3.17. The van der Waals surface area contributed by atoms with Gasteiger partial charge in [0.1, 0.15) is 0 Å². The van der Waals surface area contributed by atoms with Crippen LogP contribution in [0, 0.1) is 0 Å². The van der Waals surface area contributed by atoms with Gasteiger partial charge in [-0.1, -0.05) is 11.6 Å². The molecule has 2 saturated heterocycles. The Labute approximate surface area is 141 Å². The predicted octanol–water partition coefficient (Wildman–Crippen LogP) is 2.42. The Hall–Kier alpha value is -1.31. The van der Waals surface area contributed by atoms with Crippen LogP contribution in [0.1, 0.15) is 25.7 Å². The summed E-state index contributed by atoms with van der Waals surface area (Å²) in [4.78, 5) is 12.1. The van der Waals surface area contributed by atoms with Gasteiger partial charge in [0, 0.05) is 28.8 Å². The Morgan fingerprint density at radius 3 is 2.26 bits per heavy atom. The number of anilines is 1. The highest BCUT2D eigenvalue weighted by Gasteiger charge is 2.45. The monoisotopic (exact) mass is 357 g/mol. The van der Waals surface area contributed by atoms with Crippen molar-refractivity contribution in [2.75, 3.05) is 11.6 Å². The maximum absolute atomic E-state index is 12.1. The Balaban J connectivity index is 1.58. The molecule has 2 atom stereocenters. The second-order valence-electron chi connectivity index (χ2n) is 6.25. The molecule has 2 amide bonds. The minimum absolute atomic E-state index is 0.00204. The number of urea groups is 1. The summed E-state index contributed by atoms with van der Waals surface area (Å²) >= 11 is 5.81. The first-order valence-corrected chi connectivity index (χ1v) is 9.87. The van der Waals surface area contributed by atoms with Crippen LogP contribution in [0.2, 0.25) is 5.02 Å². The van der Waals surface area contributed by atoms with E-state index in [-0.39, 0.29) is 24.2 Å². The summed E-state index contributed by atoms with van der Waals surface area (Å²) in [5.74, 6) is 0. The van der Waals surface area contributed by atoms with Gasteiger partial charge in [-0.05, 0) is 49.9 Å². The standard InChI is InChI=1S/C15H20ClN3O3S/c1-23(21,22)19-13-6-7-14(19)9-12(8-13)18-15(20)17-11-4-2-10(16)3-5-11/h2-5,12-14H,6-9H2,1H3,(H2,17,18,20). The number of hydrogen-bond donors (Lipinski definition) is 2. The first kappa shape index (κ1) is 16.5. The van der Waals surface area contributed by atoms with E-state index in [9.17, 15) is 13.2 Å². The molecule has 2 fully saturated rings. The summed E-state index contributed by atoms with van der Waals surface area (Å²) in [6, 6.07) is 6.62. The molecule has 0 aliphatic carbocycles. The molecule has 8 heteroatoms. The summed E-state index contributed by atoms with van der Waals surface area (Å²) in [5, 5.41) is 6.33. The van der Waals surface area contributed by atoms with Gasteiger partial charge in [-0.15, -0.1) is 0 Å². The van der Waals surface area contributed by atoms with E-state index in [1.54, 1.807) is 28.6 Å². The van der Waals surface area contributed by atoms with Crippen molar-refractivity contribution in [1.82, 2.24) is 9.62 Å². The third kappa shape index (κ3) is 3.79. The number of sulfonamides is 1. The average Bonchev–Trinajstić information content (AvgIpc) is 2.74. The zero-order chi connectivity index (χ0) is 16.6. The van der Waals surface area contributed by atoms with Gasteiger partial charge in [-0.25, -0.2) is 13.2 Å². The van der Waals surface area contributed by atoms with E-state index in [0.29, 0.717) is 23.6 Å². The van der Waals surface area contributed by atoms with Gasteiger partial charge in [0.25, 0.3) is 0 Å². The van der Waals surface area contributed by atoms with Crippen molar-refractivity contribution in [3.05, 3.63) is 29.3 Å². The van der Waals surface area contributed by atoms with Gasteiger partial charge < -0.3 is 10.6 Å². The fourth-order valence-electron chi connectivity index (χ4n) is 3.68. The lowest BCUT2D eigenvalue weighted by Gasteiger charge is -2.37. The molecule has 1 aromatic rings. The van der Waals surface area contributed by atoms with Crippen molar-refractivity contribution in [3.63, 3.8) is 0 Å². The molecule has 0 spiro atoms. The minimum Gasteiger partial charge on any atom is -0.335 e. The lowest BCUT2D eigenvalue weighted by molar-refractivity contribution is 0.204. The highest BCUT2D eigenvalue weighted by Crippen LogP contribution is 2.37. The van der Waals surface area contributed by atoms with Crippen molar-refractivity contribution in [1.29, 1.82) is 0 Å². The van der Waals surface area contributed by atoms with Crippen LogP contribution in [0.3, 0.4) is 0 Å². The molecule has 2 aliphatic rings. The van der Waals surface area contributed by atoms with E-state index in [4.69, 9.17) is 11.6 Å². The van der Waals surface area contributed by atoms with E-state index in [0.717, 1.165) is 12.8 Å². The van der Waals surface area contributed by atoms with Crippen LogP contribution < -0.4 is 10.6 Å². The smallest absolute Gasteiger partial charge is 0.319 e. The molecule has 2 unspecified atom stereocenters. The number of nitrogens with one attached hydrogen (secondary N) is 2. The third-order valence-corrected chi connectivity index (χ3v) is 6.10. The molecule has 126 valence electrons. The fraction of sp³-hybridized carbons (Fsp3) is 0.533. The SMILES string of the molecule is CS(=O)(=O)N1C2CCC1CC(NC(=O)Nc1ccc(Cl)cc1)C2. The van der Waals surface area contributed by atoms with Crippen molar-refractivity contribution < 1.29 is 13.2 Å². The van der Waals surface area contributed by atoms with E-state index < -0.39 is 10.0 Å². The van der Waals surface area contributed by atoms with E-state index in [1.807, 2.05) is 0 Å². The average molecular weight is 358 g/mol. The van der Waals surface area contributed by atoms with Gasteiger partial charge in [0.2, 0.25) is 10.0 Å². The Morgan fingerprint density at radius 2 is 1.74 bits per heavy atom. The third-order valence-electron chi connectivity index (χ3n) is 4.49. The molecule has 0 radical (unpaired) electrons. The van der Waals surface area contributed by atoms with Crippen molar-refractivity contribution in [2.45, 2.75) is 43.8 Å². The summed E-state index contributed by atoms with van der Waals surface area (Å²) in [6.45, 7) is 0. The number of piperidine rings is 1.